The van der Waals surface area contributed by atoms with Crippen molar-refractivity contribution in [2.75, 3.05) is 0 Å². The summed E-state index contributed by atoms with van der Waals surface area (Å²) in [5.41, 5.74) is 13.3. The van der Waals surface area contributed by atoms with Gasteiger partial charge in [-0.1, -0.05) is 35.4 Å². The van der Waals surface area contributed by atoms with E-state index in [2.05, 4.69) is 124 Å². The van der Waals surface area contributed by atoms with Crippen molar-refractivity contribution < 1.29 is 0 Å². The van der Waals surface area contributed by atoms with Crippen LogP contribution in [0.3, 0.4) is 0 Å². The highest BCUT2D eigenvalue weighted by atomic mass is 32.1. The highest BCUT2D eigenvalue weighted by molar-refractivity contribution is 7.22. The minimum Gasteiger partial charge on any atom is -0.364 e. The molecule has 2 aromatic carbocycles. The lowest BCUT2D eigenvalue weighted by Gasteiger charge is -2.21. The van der Waals surface area contributed by atoms with Crippen molar-refractivity contribution in [3.8, 4) is 9.75 Å². The van der Waals surface area contributed by atoms with Gasteiger partial charge >= 0.3 is 0 Å². The van der Waals surface area contributed by atoms with E-state index in [9.17, 15) is 0 Å². The van der Waals surface area contributed by atoms with Crippen LogP contribution >= 0.6 is 22.7 Å². The molecule has 0 spiro atoms. The molecule has 4 heterocycles. The Morgan fingerprint density at radius 3 is 1.20 bits per heavy atom. The van der Waals surface area contributed by atoms with Gasteiger partial charge in [0.25, 0.3) is 0 Å². The Morgan fingerprint density at radius 1 is 0.500 bits per heavy atom. The fraction of sp³-hybridized carbons (Fsp3) is 0.222. The Balaban J connectivity index is 1.41. The van der Waals surface area contributed by atoms with Gasteiger partial charge in [0, 0.05) is 43.3 Å². The van der Waals surface area contributed by atoms with E-state index < -0.39 is 0 Å². The van der Waals surface area contributed by atoms with Gasteiger partial charge in [0.1, 0.15) is 0 Å². The van der Waals surface area contributed by atoms with Crippen LogP contribution in [0, 0.1) is 41.5 Å². The first-order valence-corrected chi connectivity index (χ1v) is 15.6. The summed E-state index contributed by atoms with van der Waals surface area (Å²) in [7, 11) is 0. The van der Waals surface area contributed by atoms with E-state index in [1.54, 1.807) is 0 Å². The first kappa shape index (κ1) is 26.6. The second-order valence-electron chi connectivity index (χ2n) is 11.1. The number of H-pyrrole nitrogens is 2. The molecule has 0 bridgehead atoms. The smallest absolute Gasteiger partial charge is 0.0589 e. The van der Waals surface area contributed by atoms with Crippen LogP contribution in [0.1, 0.15) is 77.5 Å². The second-order valence-corrected chi connectivity index (χ2v) is 13.4. The maximum Gasteiger partial charge on any atom is 0.0589 e. The molecule has 2 atom stereocenters. The van der Waals surface area contributed by atoms with Crippen LogP contribution in [-0.4, -0.2) is 9.97 Å². The Bertz CT molecular complexity index is 1590. The van der Waals surface area contributed by atoms with E-state index in [0.717, 1.165) is 0 Å². The zero-order valence-electron chi connectivity index (χ0n) is 24.1. The molecule has 0 radical (unpaired) electrons. The van der Waals surface area contributed by atoms with Crippen molar-refractivity contribution in [1.82, 2.24) is 9.97 Å². The molecule has 4 aromatic heterocycles. The minimum absolute atomic E-state index is 0.193. The number of aromatic nitrogens is 2. The van der Waals surface area contributed by atoms with Crippen LogP contribution in [0.5, 0.6) is 0 Å². The largest absolute Gasteiger partial charge is 0.364 e. The SMILES string of the molecule is Cc1cc(C)c(C(c2ccc[nH]2)c2ccc(-c3ccc(C(c4ccc[nH]4)c4c(C)cc(C)cc4C)s3)s2)c(C)c1. The summed E-state index contributed by atoms with van der Waals surface area (Å²) in [6.45, 7) is 13.4. The Labute approximate surface area is 245 Å². The number of benzene rings is 2. The first-order chi connectivity index (χ1) is 19.3. The summed E-state index contributed by atoms with van der Waals surface area (Å²) in [6, 6.07) is 27.2. The molecule has 2 unspecified atom stereocenters. The summed E-state index contributed by atoms with van der Waals surface area (Å²) in [5, 5.41) is 0. The van der Waals surface area contributed by atoms with Crippen molar-refractivity contribution in [3.63, 3.8) is 0 Å². The first-order valence-electron chi connectivity index (χ1n) is 13.9. The zero-order chi connectivity index (χ0) is 28.0. The normalized spacial score (nSPS) is 13.1. The summed E-state index contributed by atoms with van der Waals surface area (Å²) >= 11 is 3.84. The molecular weight excluding hydrogens is 525 g/mol. The van der Waals surface area contributed by atoms with E-state index in [1.165, 1.54) is 75.4 Å². The molecule has 0 amide bonds. The van der Waals surface area contributed by atoms with Gasteiger partial charge in [-0.15, -0.1) is 22.7 Å². The molecule has 0 aliphatic carbocycles. The number of aryl methyl sites for hydroxylation is 6. The lowest BCUT2D eigenvalue weighted by atomic mass is 9.86. The molecule has 0 saturated carbocycles. The molecule has 6 rings (SSSR count). The minimum atomic E-state index is 0.193. The fourth-order valence-corrected chi connectivity index (χ4v) is 8.89. The van der Waals surface area contributed by atoms with Gasteiger partial charge in [0.05, 0.1) is 11.8 Å². The number of nitrogens with one attached hydrogen (secondary N) is 2. The highest BCUT2D eigenvalue weighted by Crippen LogP contribution is 2.45. The number of thiophene rings is 2. The van der Waals surface area contributed by atoms with E-state index in [1.807, 2.05) is 35.1 Å². The van der Waals surface area contributed by atoms with Crippen LogP contribution in [-0.2, 0) is 0 Å². The third-order valence-corrected chi connectivity index (χ3v) is 10.5. The third kappa shape index (κ3) is 4.91. The van der Waals surface area contributed by atoms with Gasteiger partial charge in [-0.25, -0.2) is 0 Å². The second kappa shape index (κ2) is 10.8. The van der Waals surface area contributed by atoms with E-state index in [4.69, 9.17) is 0 Å². The Morgan fingerprint density at radius 2 is 0.875 bits per heavy atom. The molecule has 0 saturated heterocycles. The van der Waals surface area contributed by atoms with Crippen LogP contribution < -0.4 is 0 Å². The predicted octanol–water partition coefficient (Wildman–Crippen LogP) is 10.3. The third-order valence-electron chi connectivity index (χ3n) is 7.98. The van der Waals surface area contributed by atoms with Gasteiger partial charge in [-0.05, 0) is 123 Å². The van der Waals surface area contributed by atoms with Gasteiger partial charge in [0.2, 0.25) is 0 Å². The topological polar surface area (TPSA) is 31.6 Å². The standard InChI is InChI=1S/C36H36N2S2/c1-21-17-23(3)33(24(4)18-21)35(27-9-7-15-37-27)31-13-11-29(39-31)30-12-14-32(40-30)36(28-10-8-16-38-28)34-25(5)19-22(2)20-26(34)6/h7-20,35-38H,1-6H3. The van der Waals surface area contributed by atoms with E-state index in [0.29, 0.717) is 0 Å². The van der Waals surface area contributed by atoms with Crippen molar-refractivity contribution >= 4 is 22.7 Å². The molecular formula is C36H36N2S2. The lowest BCUT2D eigenvalue weighted by Crippen LogP contribution is -2.07. The zero-order valence-corrected chi connectivity index (χ0v) is 25.7. The van der Waals surface area contributed by atoms with Crippen molar-refractivity contribution in [1.29, 1.82) is 0 Å². The average Bonchev–Trinajstić information content (AvgIpc) is 3.72. The number of hydrogen-bond donors (Lipinski definition) is 2. The monoisotopic (exact) mass is 560 g/mol. The van der Waals surface area contributed by atoms with Crippen LogP contribution in [0.15, 0.2) is 85.2 Å². The summed E-state index contributed by atoms with van der Waals surface area (Å²) in [4.78, 5) is 12.4. The average molecular weight is 561 g/mol. The maximum atomic E-state index is 3.53. The summed E-state index contributed by atoms with van der Waals surface area (Å²) < 4.78 is 0. The van der Waals surface area contributed by atoms with Gasteiger partial charge in [-0.3, -0.25) is 0 Å². The molecule has 202 valence electrons. The van der Waals surface area contributed by atoms with Gasteiger partial charge in [-0.2, -0.15) is 0 Å². The summed E-state index contributed by atoms with van der Waals surface area (Å²) in [6.07, 6.45) is 4.08. The quantitative estimate of drug-likeness (QED) is 0.195. The number of hydrogen-bond acceptors (Lipinski definition) is 2. The molecule has 4 heteroatoms. The molecule has 6 aromatic rings. The van der Waals surface area contributed by atoms with E-state index >= 15 is 0 Å². The van der Waals surface area contributed by atoms with Crippen molar-refractivity contribution in [2.24, 2.45) is 0 Å². The number of aromatic amines is 2. The van der Waals surface area contributed by atoms with Gasteiger partial charge in [0.15, 0.2) is 0 Å². The van der Waals surface area contributed by atoms with Crippen LogP contribution in [0.2, 0.25) is 0 Å². The molecule has 0 aliphatic heterocycles. The predicted molar refractivity (Wildman–Crippen MR) is 172 cm³/mol. The highest BCUT2D eigenvalue weighted by Gasteiger charge is 2.26. The Hall–Kier alpha value is -3.60. The van der Waals surface area contributed by atoms with E-state index in [-0.39, 0.29) is 11.8 Å². The number of rotatable bonds is 7. The summed E-state index contributed by atoms with van der Waals surface area (Å²) in [5.74, 6) is 0.386. The van der Waals surface area contributed by atoms with Crippen LogP contribution in [0.25, 0.3) is 9.75 Å². The Kier molecular flexibility index (Phi) is 7.16. The van der Waals surface area contributed by atoms with Crippen LogP contribution in [0.4, 0.5) is 0 Å². The molecule has 40 heavy (non-hydrogen) atoms. The van der Waals surface area contributed by atoms with Crippen molar-refractivity contribution in [2.45, 2.75) is 53.4 Å². The lowest BCUT2D eigenvalue weighted by molar-refractivity contribution is 0.928. The van der Waals surface area contributed by atoms with Gasteiger partial charge < -0.3 is 9.97 Å². The fourth-order valence-electron chi connectivity index (χ4n) is 6.52. The molecule has 2 nitrogen and oxygen atoms in total. The maximum absolute atomic E-state index is 3.53. The van der Waals surface area contributed by atoms with Crippen molar-refractivity contribution in [3.05, 3.63) is 151 Å². The molecule has 2 N–H and O–H groups in total. The molecule has 0 fully saturated rings. The molecule has 0 aliphatic rings.